The van der Waals surface area contributed by atoms with E-state index in [1.807, 2.05) is 40.7 Å². The third kappa shape index (κ3) is 8.00. The van der Waals surface area contributed by atoms with E-state index in [4.69, 9.17) is 4.74 Å². The Balaban J connectivity index is 1.60. The molecular formula is C32H48N4O6S2. The number of hydrogen-bond donors (Lipinski definition) is 2. The third-order valence-electron chi connectivity index (χ3n) is 8.30. The van der Waals surface area contributed by atoms with Crippen molar-refractivity contribution in [3.8, 4) is 5.75 Å². The van der Waals surface area contributed by atoms with E-state index in [9.17, 15) is 21.9 Å². The fraction of sp³-hybridized carbons (Fsp3) is 0.594. The first-order chi connectivity index (χ1) is 20.6. The van der Waals surface area contributed by atoms with E-state index in [1.54, 1.807) is 18.2 Å². The molecule has 1 saturated carbocycles. The lowest BCUT2D eigenvalue weighted by atomic mass is 9.87. The lowest BCUT2D eigenvalue weighted by Crippen LogP contribution is -2.42. The highest BCUT2D eigenvalue weighted by atomic mass is 32.2. The quantitative estimate of drug-likeness (QED) is 0.247. The summed E-state index contributed by atoms with van der Waals surface area (Å²) in [6.45, 7) is 10.4. The number of imidazole rings is 1. The van der Waals surface area contributed by atoms with E-state index in [1.165, 1.54) is 34.2 Å². The first-order valence-corrected chi connectivity index (χ1v) is 18.3. The second-order valence-electron chi connectivity index (χ2n) is 13.4. The van der Waals surface area contributed by atoms with Gasteiger partial charge in [-0.15, -0.1) is 0 Å². The molecule has 4 rings (SSSR count). The standard InChI is InChI=1S/C32H48N4O6S2/c1-23(2)19-36(43(38,39)28-13-11-27(42-6)12-14-28)21-26(37)15-16-35(20-24-9-7-8-10-24)44(40,41)30-18-25(32(3,4)5)17-29-31(30)34-22-33-29/h11-14,17-18,22-24,26,37H,7-10,15-16,19-21H2,1-6H3,(H,33,34)/t26-/m0/s1. The van der Waals surface area contributed by atoms with Gasteiger partial charge in [0, 0.05) is 26.2 Å². The molecule has 0 aliphatic heterocycles. The second kappa shape index (κ2) is 13.9. The summed E-state index contributed by atoms with van der Waals surface area (Å²) in [5.74, 6) is 0.791. The molecule has 244 valence electrons. The molecule has 2 aromatic carbocycles. The van der Waals surface area contributed by atoms with Crippen LogP contribution in [0, 0.1) is 11.8 Å². The molecule has 12 heteroatoms. The van der Waals surface area contributed by atoms with Crippen LogP contribution in [0.25, 0.3) is 11.0 Å². The zero-order valence-corrected chi connectivity index (χ0v) is 28.4. The van der Waals surface area contributed by atoms with Gasteiger partial charge >= 0.3 is 0 Å². The summed E-state index contributed by atoms with van der Waals surface area (Å²) in [5, 5.41) is 11.2. The number of sulfonamides is 2. The smallest absolute Gasteiger partial charge is 0.245 e. The summed E-state index contributed by atoms with van der Waals surface area (Å²) in [4.78, 5) is 7.69. The Morgan fingerprint density at radius 1 is 1.00 bits per heavy atom. The van der Waals surface area contributed by atoms with Crippen LogP contribution in [-0.2, 0) is 25.5 Å². The normalized spacial score (nSPS) is 16.0. The highest BCUT2D eigenvalue weighted by molar-refractivity contribution is 7.89. The Kier molecular flexibility index (Phi) is 10.8. The van der Waals surface area contributed by atoms with Gasteiger partial charge < -0.3 is 14.8 Å². The SMILES string of the molecule is COc1ccc(S(=O)(=O)N(CC(C)C)C[C@@H](O)CCN(CC2CCCC2)S(=O)(=O)c2cc(C(C)(C)C)cc3[nH]cnc23)cc1. The van der Waals surface area contributed by atoms with Gasteiger partial charge in [-0.3, -0.25) is 0 Å². The van der Waals surface area contributed by atoms with E-state index in [-0.39, 0.29) is 53.1 Å². The van der Waals surface area contributed by atoms with Crippen molar-refractivity contribution in [1.82, 2.24) is 18.6 Å². The van der Waals surface area contributed by atoms with Gasteiger partial charge in [0.15, 0.2) is 0 Å². The van der Waals surface area contributed by atoms with Crippen LogP contribution in [0.5, 0.6) is 5.75 Å². The highest BCUT2D eigenvalue weighted by Crippen LogP contribution is 2.33. The van der Waals surface area contributed by atoms with E-state index < -0.39 is 26.2 Å². The number of nitrogens with one attached hydrogen (secondary N) is 1. The number of ether oxygens (including phenoxy) is 1. The lowest BCUT2D eigenvalue weighted by Gasteiger charge is -2.29. The summed E-state index contributed by atoms with van der Waals surface area (Å²) in [5.41, 5.74) is 1.64. The second-order valence-corrected chi connectivity index (χ2v) is 17.2. The largest absolute Gasteiger partial charge is 0.497 e. The van der Waals surface area contributed by atoms with E-state index in [0.29, 0.717) is 23.3 Å². The Morgan fingerprint density at radius 2 is 1.66 bits per heavy atom. The molecule has 1 aliphatic rings. The average molecular weight is 649 g/mol. The molecular weight excluding hydrogens is 601 g/mol. The fourth-order valence-electron chi connectivity index (χ4n) is 5.77. The number of methoxy groups -OCH3 is 1. The predicted octanol–water partition coefficient (Wildman–Crippen LogP) is 5.15. The number of aromatic nitrogens is 2. The van der Waals surface area contributed by atoms with Gasteiger partial charge in [-0.2, -0.15) is 8.61 Å². The summed E-state index contributed by atoms with van der Waals surface area (Å²) < 4.78 is 63.8. The fourth-order valence-corrected chi connectivity index (χ4v) is 9.13. The molecule has 1 aromatic heterocycles. The van der Waals surface area contributed by atoms with Crippen LogP contribution in [-0.4, -0.2) is 79.9 Å². The van der Waals surface area contributed by atoms with Crippen molar-refractivity contribution < 1.29 is 26.7 Å². The first-order valence-electron chi connectivity index (χ1n) is 15.4. The van der Waals surface area contributed by atoms with Gasteiger partial charge in [-0.1, -0.05) is 47.5 Å². The van der Waals surface area contributed by atoms with Crippen LogP contribution in [0.1, 0.15) is 72.3 Å². The molecule has 0 saturated heterocycles. The molecule has 1 aliphatic carbocycles. The number of H-pyrrole nitrogens is 1. The summed E-state index contributed by atoms with van der Waals surface area (Å²) >= 11 is 0. The first kappa shape index (κ1) is 34.4. The maximum absolute atomic E-state index is 14.4. The molecule has 0 unspecified atom stereocenters. The van der Waals surface area contributed by atoms with E-state index in [2.05, 4.69) is 9.97 Å². The third-order valence-corrected chi connectivity index (χ3v) is 12.0. The Morgan fingerprint density at radius 3 is 2.25 bits per heavy atom. The van der Waals surface area contributed by atoms with Crippen molar-refractivity contribution >= 4 is 31.1 Å². The number of rotatable bonds is 14. The number of aliphatic hydroxyl groups is 1. The highest BCUT2D eigenvalue weighted by Gasteiger charge is 2.33. The molecule has 10 nitrogen and oxygen atoms in total. The van der Waals surface area contributed by atoms with Crippen molar-refractivity contribution in [3.63, 3.8) is 0 Å². The van der Waals surface area contributed by atoms with Gasteiger partial charge in [0.25, 0.3) is 0 Å². The lowest BCUT2D eigenvalue weighted by molar-refractivity contribution is 0.125. The average Bonchev–Trinajstić information content (AvgIpc) is 3.65. The topological polar surface area (TPSA) is 133 Å². The number of hydrogen-bond acceptors (Lipinski definition) is 7. The molecule has 3 aromatic rings. The molecule has 1 atom stereocenters. The molecule has 0 spiro atoms. The number of benzene rings is 2. The minimum Gasteiger partial charge on any atom is -0.497 e. The zero-order valence-electron chi connectivity index (χ0n) is 26.8. The molecule has 1 fully saturated rings. The van der Waals surface area contributed by atoms with Crippen LogP contribution in [0.2, 0.25) is 0 Å². The van der Waals surface area contributed by atoms with Crippen LogP contribution in [0.4, 0.5) is 0 Å². The van der Waals surface area contributed by atoms with Crippen molar-refractivity contribution in [2.24, 2.45) is 11.8 Å². The minimum atomic E-state index is -3.99. The van der Waals surface area contributed by atoms with Crippen molar-refractivity contribution in [2.75, 3.05) is 33.3 Å². The van der Waals surface area contributed by atoms with Crippen LogP contribution >= 0.6 is 0 Å². The van der Waals surface area contributed by atoms with Gasteiger partial charge in [-0.25, -0.2) is 21.8 Å². The van der Waals surface area contributed by atoms with E-state index >= 15 is 0 Å². The predicted molar refractivity (Wildman–Crippen MR) is 173 cm³/mol. The summed E-state index contributed by atoms with van der Waals surface area (Å²) in [7, 11) is -6.39. The maximum atomic E-state index is 14.4. The number of nitrogens with zero attached hydrogens (tertiary/aromatic N) is 3. The number of aliphatic hydroxyl groups excluding tert-OH is 1. The van der Waals surface area contributed by atoms with E-state index in [0.717, 1.165) is 31.2 Å². The van der Waals surface area contributed by atoms with Crippen molar-refractivity contribution in [1.29, 1.82) is 0 Å². The molecule has 1 heterocycles. The van der Waals surface area contributed by atoms with Gasteiger partial charge in [-0.05, 0) is 78.5 Å². The molecule has 0 radical (unpaired) electrons. The molecule has 44 heavy (non-hydrogen) atoms. The summed E-state index contributed by atoms with van der Waals surface area (Å²) in [6.07, 6.45) is 4.56. The Labute approximate surface area is 262 Å². The molecule has 0 amide bonds. The number of aromatic amines is 1. The monoisotopic (exact) mass is 648 g/mol. The zero-order chi connectivity index (χ0) is 32.3. The van der Waals surface area contributed by atoms with Crippen LogP contribution in [0.3, 0.4) is 0 Å². The van der Waals surface area contributed by atoms with Crippen molar-refractivity contribution in [3.05, 3.63) is 48.3 Å². The maximum Gasteiger partial charge on any atom is 0.245 e. The minimum absolute atomic E-state index is 0.0146. The number of fused-ring (bicyclic) bond motifs is 1. The molecule has 0 bridgehead atoms. The summed E-state index contributed by atoms with van der Waals surface area (Å²) in [6, 6.07) is 9.83. The van der Waals surface area contributed by atoms with Crippen molar-refractivity contribution in [2.45, 2.75) is 88.0 Å². The van der Waals surface area contributed by atoms with Gasteiger partial charge in [0.05, 0.1) is 30.0 Å². The van der Waals surface area contributed by atoms with Gasteiger partial charge in [0.2, 0.25) is 20.0 Å². The Bertz CT molecular complexity index is 1610. The Hall–Kier alpha value is -2.51. The van der Waals surface area contributed by atoms with Crippen LogP contribution in [0.15, 0.2) is 52.5 Å². The van der Waals surface area contributed by atoms with Gasteiger partial charge in [0.1, 0.15) is 16.2 Å². The van der Waals surface area contributed by atoms with Crippen LogP contribution < -0.4 is 4.74 Å². The molecule has 2 N–H and O–H groups in total.